The van der Waals surface area contributed by atoms with E-state index in [2.05, 4.69) is 15.5 Å². The standard InChI is InChI=1S/C21H31N3O3/c1-15-7-8-19(27-2)18(13-15)23-21(26)20(25)22-14-16-9-11-24(12-10-16)17-5-3-4-6-17/h7-8,13,16-17H,3-6,9-12,14H2,1-2H3,(H,22,25)(H,23,26). The zero-order valence-electron chi connectivity index (χ0n) is 16.4. The summed E-state index contributed by atoms with van der Waals surface area (Å²) in [6.07, 6.45) is 7.57. The average molecular weight is 373 g/mol. The molecule has 6 nitrogen and oxygen atoms in total. The molecule has 6 heteroatoms. The van der Waals surface area contributed by atoms with Gasteiger partial charge in [0.05, 0.1) is 12.8 Å². The van der Waals surface area contributed by atoms with E-state index in [1.807, 2.05) is 13.0 Å². The molecule has 1 aliphatic heterocycles. The molecule has 1 aromatic carbocycles. The second-order valence-electron chi connectivity index (χ2n) is 7.79. The predicted molar refractivity (Wildman–Crippen MR) is 106 cm³/mol. The summed E-state index contributed by atoms with van der Waals surface area (Å²) in [5.41, 5.74) is 1.50. The Morgan fingerprint density at radius 1 is 1.11 bits per heavy atom. The van der Waals surface area contributed by atoms with E-state index in [0.717, 1.165) is 37.5 Å². The smallest absolute Gasteiger partial charge is 0.313 e. The van der Waals surface area contributed by atoms with Crippen molar-refractivity contribution < 1.29 is 14.3 Å². The largest absolute Gasteiger partial charge is 0.495 e. The van der Waals surface area contributed by atoms with Crippen LogP contribution in [-0.2, 0) is 9.59 Å². The normalized spacial score (nSPS) is 19.0. The Balaban J connectivity index is 1.43. The molecule has 0 radical (unpaired) electrons. The molecule has 1 aliphatic carbocycles. The molecule has 1 heterocycles. The third-order valence-corrected chi connectivity index (χ3v) is 5.85. The topological polar surface area (TPSA) is 70.7 Å². The SMILES string of the molecule is COc1ccc(C)cc1NC(=O)C(=O)NCC1CCN(C2CCCC2)CC1. The van der Waals surface area contributed by atoms with Crippen LogP contribution in [0.1, 0.15) is 44.1 Å². The van der Waals surface area contributed by atoms with Crippen molar-refractivity contribution in [3.63, 3.8) is 0 Å². The number of piperidine rings is 1. The first-order chi connectivity index (χ1) is 13.1. The van der Waals surface area contributed by atoms with E-state index in [0.29, 0.717) is 23.9 Å². The molecular formula is C21H31N3O3. The van der Waals surface area contributed by atoms with Crippen LogP contribution < -0.4 is 15.4 Å². The van der Waals surface area contributed by atoms with Gasteiger partial charge in [0.2, 0.25) is 0 Å². The average Bonchev–Trinajstić information content (AvgIpc) is 3.21. The molecule has 0 atom stereocenters. The van der Waals surface area contributed by atoms with Crippen molar-refractivity contribution >= 4 is 17.5 Å². The van der Waals surface area contributed by atoms with Gasteiger partial charge in [-0.3, -0.25) is 9.59 Å². The van der Waals surface area contributed by atoms with Crippen LogP contribution in [0.2, 0.25) is 0 Å². The number of hydrogen-bond acceptors (Lipinski definition) is 4. The third kappa shape index (κ3) is 5.22. The van der Waals surface area contributed by atoms with Gasteiger partial charge in [0.25, 0.3) is 0 Å². The minimum atomic E-state index is -0.651. The van der Waals surface area contributed by atoms with E-state index >= 15 is 0 Å². The highest BCUT2D eigenvalue weighted by Crippen LogP contribution is 2.28. The van der Waals surface area contributed by atoms with Crippen LogP contribution in [0, 0.1) is 12.8 Å². The van der Waals surface area contributed by atoms with Gasteiger partial charge >= 0.3 is 11.8 Å². The van der Waals surface area contributed by atoms with Crippen molar-refractivity contribution in [3.8, 4) is 5.75 Å². The van der Waals surface area contributed by atoms with Gasteiger partial charge in [0.15, 0.2) is 0 Å². The first-order valence-electron chi connectivity index (χ1n) is 10.0. The van der Waals surface area contributed by atoms with Gasteiger partial charge in [-0.1, -0.05) is 18.9 Å². The Morgan fingerprint density at radius 3 is 2.48 bits per heavy atom. The maximum absolute atomic E-state index is 12.2. The first-order valence-corrected chi connectivity index (χ1v) is 10.0. The van der Waals surface area contributed by atoms with E-state index in [4.69, 9.17) is 4.74 Å². The summed E-state index contributed by atoms with van der Waals surface area (Å²) in [5.74, 6) is -0.243. The van der Waals surface area contributed by atoms with Crippen LogP contribution >= 0.6 is 0 Å². The van der Waals surface area contributed by atoms with Crippen LogP contribution in [0.25, 0.3) is 0 Å². The zero-order chi connectivity index (χ0) is 19.2. The van der Waals surface area contributed by atoms with Crippen molar-refractivity contribution in [2.24, 2.45) is 5.92 Å². The predicted octanol–water partition coefficient (Wildman–Crippen LogP) is 2.71. The fourth-order valence-electron chi connectivity index (χ4n) is 4.21. The summed E-state index contributed by atoms with van der Waals surface area (Å²) in [4.78, 5) is 27.0. The van der Waals surface area contributed by atoms with Crippen LogP contribution in [0.5, 0.6) is 5.75 Å². The van der Waals surface area contributed by atoms with Crippen molar-refractivity contribution in [2.75, 3.05) is 32.1 Å². The van der Waals surface area contributed by atoms with Gasteiger partial charge < -0.3 is 20.3 Å². The minimum absolute atomic E-state index is 0.452. The summed E-state index contributed by atoms with van der Waals surface area (Å²) < 4.78 is 5.24. The monoisotopic (exact) mass is 373 g/mol. The van der Waals surface area contributed by atoms with Crippen molar-refractivity contribution in [2.45, 2.75) is 51.5 Å². The lowest BCUT2D eigenvalue weighted by Crippen LogP contribution is -2.44. The number of ether oxygens (including phenoxy) is 1. The molecule has 0 aromatic heterocycles. The number of hydrogen-bond donors (Lipinski definition) is 2. The summed E-state index contributed by atoms with van der Waals surface area (Å²) in [5, 5.41) is 5.45. The van der Waals surface area contributed by atoms with E-state index in [9.17, 15) is 9.59 Å². The second kappa shape index (κ2) is 9.22. The second-order valence-corrected chi connectivity index (χ2v) is 7.79. The lowest BCUT2D eigenvalue weighted by atomic mass is 9.95. The molecule has 148 valence electrons. The van der Waals surface area contributed by atoms with Crippen molar-refractivity contribution in [3.05, 3.63) is 23.8 Å². The molecule has 0 bridgehead atoms. The van der Waals surface area contributed by atoms with E-state index in [-0.39, 0.29) is 0 Å². The molecule has 2 N–H and O–H groups in total. The lowest BCUT2D eigenvalue weighted by molar-refractivity contribution is -0.136. The van der Waals surface area contributed by atoms with E-state index in [1.54, 1.807) is 19.2 Å². The van der Waals surface area contributed by atoms with E-state index < -0.39 is 11.8 Å². The Kier molecular flexibility index (Phi) is 6.72. The Bertz CT molecular complexity index is 663. The summed E-state index contributed by atoms with van der Waals surface area (Å²) in [6.45, 7) is 4.71. The number of likely N-dealkylation sites (tertiary alicyclic amines) is 1. The molecule has 1 saturated carbocycles. The van der Waals surface area contributed by atoms with Gasteiger partial charge in [-0.05, 0) is 69.3 Å². The zero-order valence-corrected chi connectivity index (χ0v) is 16.4. The van der Waals surface area contributed by atoms with Gasteiger partial charge in [-0.2, -0.15) is 0 Å². The highest BCUT2D eigenvalue weighted by molar-refractivity contribution is 6.39. The number of nitrogens with one attached hydrogen (secondary N) is 2. The molecule has 2 amide bonds. The highest BCUT2D eigenvalue weighted by Gasteiger charge is 2.27. The Labute approximate surface area is 161 Å². The number of rotatable bonds is 5. The highest BCUT2D eigenvalue weighted by atomic mass is 16.5. The van der Waals surface area contributed by atoms with Gasteiger partial charge in [0, 0.05) is 12.6 Å². The quantitative estimate of drug-likeness (QED) is 0.779. The molecule has 3 rings (SSSR count). The fourth-order valence-corrected chi connectivity index (χ4v) is 4.21. The molecule has 2 aliphatic rings. The summed E-state index contributed by atoms with van der Waals surface area (Å²) in [7, 11) is 1.54. The Morgan fingerprint density at radius 2 is 1.81 bits per heavy atom. The molecule has 2 fully saturated rings. The van der Waals surface area contributed by atoms with Gasteiger partial charge in [0.1, 0.15) is 5.75 Å². The van der Waals surface area contributed by atoms with E-state index in [1.165, 1.54) is 25.7 Å². The van der Waals surface area contributed by atoms with Crippen molar-refractivity contribution in [1.29, 1.82) is 0 Å². The Hall–Kier alpha value is -2.08. The van der Waals surface area contributed by atoms with Crippen LogP contribution in [0.4, 0.5) is 5.69 Å². The number of carbonyl (C=O) groups excluding carboxylic acids is 2. The molecule has 1 aromatic rings. The number of benzene rings is 1. The van der Waals surface area contributed by atoms with Gasteiger partial charge in [-0.25, -0.2) is 0 Å². The maximum atomic E-state index is 12.2. The number of carbonyl (C=O) groups is 2. The third-order valence-electron chi connectivity index (χ3n) is 5.85. The van der Waals surface area contributed by atoms with Crippen LogP contribution in [-0.4, -0.2) is 49.5 Å². The summed E-state index contributed by atoms with van der Waals surface area (Å²) >= 11 is 0. The number of aryl methyl sites for hydroxylation is 1. The minimum Gasteiger partial charge on any atom is -0.495 e. The maximum Gasteiger partial charge on any atom is 0.313 e. The molecule has 0 spiro atoms. The summed E-state index contributed by atoms with van der Waals surface area (Å²) in [6, 6.07) is 6.24. The van der Waals surface area contributed by atoms with Gasteiger partial charge in [-0.15, -0.1) is 0 Å². The molecule has 0 unspecified atom stereocenters. The molecule has 1 saturated heterocycles. The number of anilines is 1. The number of amides is 2. The first kappa shape index (κ1) is 19.7. The number of nitrogens with zero attached hydrogens (tertiary/aromatic N) is 1. The van der Waals surface area contributed by atoms with Crippen molar-refractivity contribution in [1.82, 2.24) is 10.2 Å². The fraction of sp³-hybridized carbons (Fsp3) is 0.619. The van der Waals surface area contributed by atoms with Crippen LogP contribution in [0.3, 0.4) is 0 Å². The number of methoxy groups -OCH3 is 1. The molecule has 27 heavy (non-hydrogen) atoms. The lowest BCUT2D eigenvalue weighted by Gasteiger charge is -2.36. The van der Waals surface area contributed by atoms with Crippen LogP contribution in [0.15, 0.2) is 18.2 Å². The molecular weight excluding hydrogens is 342 g/mol.